The van der Waals surface area contributed by atoms with Crippen molar-refractivity contribution in [1.29, 1.82) is 0 Å². The lowest BCUT2D eigenvalue weighted by Gasteiger charge is -2.30. The van der Waals surface area contributed by atoms with Crippen LogP contribution in [0.25, 0.3) is 67.5 Å². The van der Waals surface area contributed by atoms with Crippen LogP contribution in [-0.4, -0.2) is 31.1 Å². The maximum atomic E-state index is 5.16. The number of fused-ring (bicyclic) bond motifs is 10. The second-order valence-electron chi connectivity index (χ2n) is 17.7. The van der Waals surface area contributed by atoms with Gasteiger partial charge in [0.1, 0.15) is 0 Å². The Bertz CT molecular complexity index is 2740. The van der Waals surface area contributed by atoms with Crippen molar-refractivity contribution in [3.8, 4) is 67.5 Å². The molecule has 0 fully saturated rings. The van der Waals surface area contributed by atoms with E-state index in [-0.39, 0.29) is 5.41 Å². The molecule has 2 aliphatic rings. The highest BCUT2D eigenvalue weighted by atomic mass is 28.3. The molecule has 8 aromatic rings. The molecule has 10 rings (SSSR count). The molecule has 57 heavy (non-hydrogen) atoms. The van der Waals surface area contributed by atoms with E-state index < -0.39 is 16.1 Å². The first-order chi connectivity index (χ1) is 27.5. The molecule has 0 saturated heterocycles. The number of benzene rings is 7. The highest BCUT2D eigenvalue weighted by Gasteiger charge is 2.51. The van der Waals surface area contributed by atoms with E-state index in [1.165, 1.54) is 60.4 Å². The fourth-order valence-electron chi connectivity index (χ4n) is 9.10. The third-order valence-corrected chi connectivity index (χ3v) is 16.2. The normalized spacial score (nSPS) is 13.6. The minimum Gasteiger partial charge on any atom is -0.208 e. The topological polar surface area (TPSA) is 38.7 Å². The average molecular weight is 768 g/mol. The Morgan fingerprint density at radius 2 is 0.702 bits per heavy atom. The van der Waals surface area contributed by atoms with E-state index in [1.807, 2.05) is 0 Å². The van der Waals surface area contributed by atoms with Gasteiger partial charge in [0.25, 0.3) is 0 Å². The molecule has 1 spiro atoms. The molecule has 5 heteroatoms. The quantitative estimate of drug-likeness (QED) is 0.158. The third-order valence-electron chi connectivity index (χ3n) is 12.1. The van der Waals surface area contributed by atoms with Crippen molar-refractivity contribution in [2.24, 2.45) is 0 Å². The van der Waals surface area contributed by atoms with Crippen molar-refractivity contribution in [1.82, 2.24) is 15.0 Å². The lowest BCUT2D eigenvalue weighted by atomic mass is 9.70. The molecule has 276 valence electrons. The molecule has 0 atom stereocenters. The van der Waals surface area contributed by atoms with Crippen LogP contribution in [0.2, 0.25) is 39.3 Å². The van der Waals surface area contributed by atoms with Crippen LogP contribution in [0.4, 0.5) is 0 Å². The van der Waals surface area contributed by atoms with Crippen LogP contribution in [0.1, 0.15) is 22.3 Å². The summed E-state index contributed by atoms with van der Waals surface area (Å²) >= 11 is 0. The Hall–Kier alpha value is -6.02. The summed E-state index contributed by atoms with van der Waals surface area (Å²) in [6.07, 6.45) is 0. The van der Waals surface area contributed by atoms with Gasteiger partial charge in [-0.25, -0.2) is 15.0 Å². The highest BCUT2D eigenvalue weighted by Crippen LogP contribution is 2.63. The standard InChI is InChI=1S/C52H45N3Si2/c1-56(2,3)39-17-13-15-37(31-39)50-53-49(54-51(55-50)38-16-14-18-40(32-38)57(4,5)6)35-27-25-34(26-28-35)36-29-30-44-43-21-9-12-24-47(43)52(48(44)33-36)45-22-10-7-19-41(45)42-20-8-11-23-46(42)52/h7-33H,1-6H3. The van der Waals surface area contributed by atoms with Gasteiger partial charge in [0.05, 0.1) is 21.6 Å². The predicted octanol–water partition coefficient (Wildman–Crippen LogP) is 12.0. The van der Waals surface area contributed by atoms with Gasteiger partial charge in [-0.05, 0) is 61.7 Å². The molecule has 0 saturated carbocycles. The van der Waals surface area contributed by atoms with Gasteiger partial charge in [-0.1, -0.05) is 207 Å². The molecular weight excluding hydrogens is 723 g/mol. The maximum Gasteiger partial charge on any atom is 0.164 e. The zero-order valence-corrected chi connectivity index (χ0v) is 35.4. The molecule has 0 radical (unpaired) electrons. The summed E-state index contributed by atoms with van der Waals surface area (Å²) in [5.74, 6) is 2.09. The molecule has 0 aliphatic heterocycles. The van der Waals surface area contributed by atoms with Crippen LogP contribution < -0.4 is 10.4 Å². The highest BCUT2D eigenvalue weighted by molar-refractivity contribution is 6.89. The molecule has 0 unspecified atom stereocenters. The first-order valence-corrected chi connectivity index (χ1v) is 27.0. The number of hydrogen-bond acceptors (Lipinski definition) is 3. The van der Waals surface area contributed by atoms with E-state index in [1.54, 1.807) is 0 Å². The smallest absolute Gasteiger partial charge is 0.164 e. The van der Waals surface area contributed by atoms with Crippen LogP contribution in [0, 0.1) is 0 Å². The molecule has 1 aromatic heterocycles. The molecular formula is C52H45N3Si2. The maximum absolute atomic E-state index is 5.16. The number of nitrogens with zero attached hydrogens (tertiary/aromatic N) is 3. The zero-order chi connectivity index (χ0) is 39.1. The van der Waals surface area contributed by atoms with Gasteiger partial charge in [0, 0.05) is 16.7 Å². The molecule has 3 nitrogen and oxygen atoms in total. The summed E-state index contributed by atoms with van der Waals surface area (Å²) in [5.41, 5.74) is 15.7. The van der Waals surface area contributed by atoms with Crippen LogP contribution in [-0.2, 0) is 5.41 Å². The summed E-state index contributed by atoms with van der Waals surface area (Å²) in [7, 11) is -3.11. The zero-order valence-electron chi connectivity index (χ0n) is 33.4. The van der Waals surface area contributed by atoms with Gasteiger partial charge in [0.15, 0.2) is 17.5 Å². The number of rotatable bonds is 6. The molecule has 7 aromatic carbocycles. The van der Waals surface area contributed by atoms with Gasteiger partial charge in [-0.2, -0.15) is 0 Å². The van der Waals surface area contributed by atoms with E-state index in [4.69, 9.17) is 15.0 Å². The molecule has 0 bridgehead atoms. The van der Waals surface area contributed by atoms with Crippen LogP contribution in [0.15, 0.2) is 164 Å². The summed E-state index contributed by atoms with van der Waals surface area (Å²) in [4.78, 5) is 15.5. The van der Waals surface area contributed by atoms with Crippen molar-refractivity contribution in [2.45, 2.75) is 44.7 Å². The largest absolute Gasteiger partial charge is 0.208 e. The van der Waals surface area contributed by atoms with Crippen molar-refractivity contribution in [3.63, 3.8) is 0 Å². The van der Waals surface area contributed by atoms with E-state index >= 15 is 0 Å². The minimum atomic E-state index is -1.56. The van der Waals surface area contributed by atoms with Crippen molar-refractivity contribution in [2.75, 3.05) is 0 Å². The van der Waals surface area contributed by atoms with E-state index in [0.717, 1.165) is 22.3 Å². The van der Waals surface area contributed by atoms with Crippen molar-refractivity contribution >= 4 is 26.5 Å². The minimum absolute atomic E-state index is 0.369. The van der Waals surface area contributed by atoms with Crippen molar-refractivity contribution in [3.05, 3.63) is 186 Å². The first kappa shape index (κ1) is 35.4. The van der Waals surface area contributed by atoms with Crippen molar-refractivity contribution < 1.29 is 0 Å². The van der Waals surface area contributed by atoms with E-state index in [2.05, 4.69) is 203 Å². The number of aromatic nitrogens is 3. The Morgan fingerprint density at radius 3 is 1.16 bits per heavy atom. The first-order valence-electron chi connectivity index (χ1n) is 20.0. The fourth-order valence-corrected chi connectivity index (χ4v) is 11.5. The fraction of sp³-hybridized carbons (Fsp3) is 0.135. The van der Waals surface area contributed by atoms with Gasteiger partial charge >= 0.3 is 0 Å². The van der Waals surface area contributed by atoms with E-state index in [0.29, 0.717) is 17.5 Å². The average Bonchev–Trinajstić information content (AvgIpc) is 3.70. The van der Waals surface area contributed by atoms with Gasteiger partial charge in [-0.3, -0.25) is 0 Å². The molecule has 0 N–H and O–H groups in total. The Morgan fingerprint density at radius 1 is 0.316 bits per heavy atom. The van der Waals surface area contributed by atoms with Gasteiger partial charge in [-0.15, -0.1) is 0 Å². The summed E-state index contributed by atoms with van der Waals surface area (Å²) in [6, 6.07) is 60.5. The lowest BCUT2D eigenvalue weighted by Crippen LogP contribution is -2.37. The third kappa shape index (κ3) is 5.71. The Kier molecular flexibility index (Phi) is 8.09. The summed E-state index contributed by atoms with van der Waals surface area (Å²) in [6.45, 7) is 14.3. The summed E-state index contributed by atoms with van der Waals surface area (Å²) < 4.78 is 0. The second kappa shape index (κ2) is 13.0. The molecule has 2 aliphatic carbocycles. The SMILES string of the molecule is C[Si](C)(C)c1cccc(-c2nc(-c3ccc(-c4ccc5c(c4)C4(c6ccccc6-c6ccccc64)c4ccccc4-5)cc3)nc(-c3cccc([Si](C)(C)C)c3)n2)c1. The Balaban J connectivity index is 1.09. The van der Waals surface area contributed by atoms with Crippen LogP contribution in [0.5, 0.6) is 0 Å². The van der Waals surface area contributed by atoms with Crippen LogP contribution in [0.3, 0.4) is 0 Å². The Labute approximate surface area is 338 Å². The van der Waals surface area contributed by atoms with Gasteiger partial charge < -0.3 is 0 Å². The monoisotopic (exact) mass is 767 g/mol. The molecule has 0 amide bonds. The second-order valence-corrected chi connectivity index (χ2v) is 27.8. The molecule has 1 heterocycles. The van der Waals surface area contributed by atoms with Gasteiger partial charge in [0.2, 0.25) is 0 Å². The van der Waals surface area contributed by atoms with Crippen LogP contribution >= 0.6 is 0 Å². The predicted molar refractivity (Wildman–Crippen MR) is 244 cm³/mol. The lowest BCUT2D eigenvalue weighted by molar-refractivity contribution is 0.794. The summed E-state index contributed by atoms with van der Waals surface area (Å²) in [5, 5.41) is 2.77. The number of hydrogen-bond donors (Lipinski definition) is 0. The van der Waals surface area contributed by atoms with E-state index in [9.17, 15) is 0 Å².